The fraction of sp³-hybridized carbons (Fsp3) is 0.188. The van der Waals surface area contributed by atoms with Crippen LogP contribution in [0.1, 0.15) is 52.2 Å². The van der Waals surface area contributed by atoms with Gasteiger partial charge in [0.15, 0.2) is 10.8 Å². The first-order valence-electron chi connectivity index (χ1n) is 13.4. The van der Waals surface area contributed by atoms with Gasteiger partial charge in [0, 0.05) is 28.6 Å². The largest absolute Gasteiger partial charge is 0.493 e. The number of nitrogens with zero attached hydrogens (tertiary/aromatic N) is 3. The molecule has 5 aromatic rings. The van der Waals surface area contributed by atoms with Gasteiger partial charge in [0.25, 0.3) is 5.56 Å². The van der Waals surface area contributed by atoms with Crippen LogP contribution in [0.5, 0.6) is 5.88 Å². The number of hydrogen-bond acceptors (Lipinski definition) is 6. The highest BCUT2D eigenvalue weighted by Gasteiger charge is 2.24. The van der Waals surface area contributed by atoms with Gasteiger partial charge in [-0.1, -0.05) is 50.2 Å². The minimum absolute atomic E-state index is 0.00764. The second kappa shape index (κ2) is 11.7. The van der Waals surface area contributed by atoms with Gasteiger partial charge in [-0.2, -0.15) is 4.98 Å². The van der Waals surface area contributed by atoms with Crippen LogP contribution in [-0.4, -0.2) is 25.5 Å². The van der Waals surface area contributed by atoms with Crippen molar-refractivity contribution in [3.05, 3.63) is 115 Å². The van der Waals surface area contributed by atoms with E-state index in [1.165, 1.54) is 34.1 Å². The Morgan fingerprint density at radius 2 is 1.69 bits per heavy atom. The molecular formula is C32H28F2N4O3S. The predicted molar refractivity (Wildman–Crippen MR) is 159 cm³/mol. The fourth-order valence-electron chi connectivity index (χ4n) is 5.06. The third-order valence-electron chi connectivity index (χ3n) is 7.11. The van der Waals surface area contributed by atoms with E-state index in [-0.39, 0.29) is 34.5 Å². The number of halogens is 2. The molecule has 42 heavy (non-hydrogen) atoms. The highest BCUT2D eigenvalue weighted by atomic mass is 32.1. The third kappa shape index (κ3) is 5.33. The van der Waals surface area contributed by atoms with Gasteiger partial charge in [0.2, 0.25) is 11.8 Å². The van der Waals surface area contributed by atoms with Crippen LogP contribution in [0, 0.1) is 18.6 Å². The third-order valence-corrected chi connectivity index (χ3v) is 8.06. The molecule has 0 aliphatic carbocycles. The van der Waals surface area contributed by atoms with Crippen molar-refractivity contribution in [2.45, 2.75) is 40.0 Å². The Morgan fingerprint density at radius 1 is 1.00 bits per heavy atom. The molecule has 3 N–H and O–H groups in total. The first kappa shape index (κ1) is 28.8. The van der Waals surface area contributed by atoms with Crippen LogP contribution >= 0.6 is 11.3 Å². The molecule has 10 heteroatoms. The maximum Gasteiger partial charge on any atom is 0.265 e. The summed E-state index contributed by atoms with van der Waals surface area (Å²) in [5.74, 6) is -2.50. The molecule has 0 aliphatic rings. The Morgan fingerprint density at radius 3 is 2.29 bits per heavy atom. The molecule has 0 aliphatic heterocycles. The van der Waals surface area contributed by atoms with E-state index in [1.54, 1.807) is 6.07 Å². The van der Waals surface area contributed by atoms with Gasteiger partial charge in [0.05, 0.1) is 11.3 Å². The second-order valence-electron chi connectivity index (χ2n) is 9.85. The zero-order valence-corrected chi connectivity index (χ0v) is 24.1. The van der Waals surface area contributed by atoms with Crippen molar-refractivity contribution in [2.24, 2.45) is 5.73 Å². The molecular weight excluding hydrogens is 558 g/mol. The Hall–Kier alpha value is -4.70. The van der Waals surface area contributed by atoms with Gasteiger partial charge in [-0.15, -0.1) is 11.3 Å². The topological polar surface area (TPSA) is 111 Å². The quantitative estimate of drug-likeness (QED) is 0.227. The highest BCUT2D eigenvalue weighted by Crippen LogP contribution is 2.32. The smallest absolute Gasteiger partial charge is 0.265 e. The number of hydrogen-bond donors (Lipinski definition) is 2. The van der Waals surface area contributed by atoms with E-state index in [1.807, 2.05) is 44.4 Å². The van der Waals surface area contributed by atoms with Crippen molar-refractivity contribution in [2.75, 3.05) is 0 Å². The van der Waals surface area contributed by atoms with E-state index >= 15 is 4.39 Å². The van der Waals surface area contributed by atoms with Crippen LogP contribution in [0.2, 0.25) is 0 Å². The second-order valence-corrected chi connectivity index (χ2v) is 10.7. The predicted octanol–water partition coefficient (Wildman–Crippen LogP) is 6.13. The number of nitrogens with two attached hydrogens (primary N) is 1. The lowest BCUT2D eigenvalue weighted by molar-refractivity contribution is 0.100. The summed E-state index contributed by atoms with van der Waals surface area (Å²) in [6.07, 6.45) is 1.20. The normalized spacial score (nSPS) is 11.2. The number of primary amides is 1. The van der Waals surface area contributed by atoms with Crippen molar-refractivity contribution in [1.82, 2.24) is 14.5 Å². The lowest BCUT2D eigenvalue weighted by Crippen LogP contribution is -2.27. The highest BCUT2D eigenvalue weighted by molar-refractivity contribution is 7.13. The van der Waals surface area contributed by atoms with E-state index in [0.29, 0.717) is 29.1 Å². The van der Waals surface area contributed by atoms with E-state index in [0.717, 1.165) is 29.0 Å². The molecule has 0 spiro atoms. The van der Waals surface area contributed by atoms with Crippen molar-refractivity contribution >= 4 is 17.2 Å². The number of carbonyl (C=O) groups is 1. The molecule has 2 heterocycles. The van der Waals surface area contributed by atoms with E-state index in [9.17, 15) is 19.1 Å². The Kier molecular flexibility index (Phi) is 8.00. The number of aromatic nitrogens is 3. The Bertz CT molecular complexity index is 1880. The lowest BCUT2D eigenvalue weighted by atomic mass is 9.96. The van der Waals surface area contributed by atoms with Crippen LogP contribution < -0.4 is 11.3 Å². The standard InChI is InChI=1S/C32H28F2N4O3S/c1-4-19-7-6-8-20(5-2)27(19)38-29(31-36-17(3)16-42-31)37-30(40)25(32(38)41)13-18-9-11-23(26(34)14-18)22-12-10-21(33)15-24(22)28(35)39/h6-12,14-16,40H,4-5,13H2,1-3H3,(H2,35,39). The summed E-state index contributed by atoms with van der Waals surface area (Å²) in [5.41, 5.74) is 8.65. The summed E-state index contributed by atoms with van der Waals surface area (Å²) in [5, 5.41) is 13.4. The lowest BCUT2D eigenvalue weighted by Gasteiger charge is -2.19. The van der Waals surface area contributed by atoms with E-state index in [2.05, 4.69) is 9.97 Å². The number of rotatable bonds is 8. The number of benzene rings is 3. The minimum Gasteiger partial charge on any atom is -0.493 e. The van der Waals surface area contributed by atoms with Gasteiger partial charge in [-0.3, -0.25) is 14.2 Å². The summed E-state index contributed by atoms with van der Waals surface area (Å²) in [7, 11) is 0. The van der Waals surface area contributed by atoms with Crippen LogP contribution in [0.3, 0.4) is 0 Å². The monoisotopic (exact) mass is 586 g/mol. The number of amides is 1. The zero-order chi connectivity index (χ0) is 30.1. The molecule has 0 unspecified atom stereocenters. The number of aryl methyl sites for hydroxylation is 3. The van der Waals surface area contributed by atoms with E-state index in [4.69, 9.17) is 5.73 Å². The minimum atomic E-state index is -0.890. The van der Waals surface area contributed by atoms with Gasteiger partial charge in [-0.25, -0.2) is 13.8 Å². The molecule has 0 atom stereocenters. The van der Waals surface area contributed by atoms with Gasteiger partial charge in [-0.05, 0) is 60.2 Å². The van der Waals surface area contributed by atoms with E-state index < -0.39 is 29.0 Å². The first-order valence-corrected chi connectivity index (χ1v) is 14.3. The molecule has 7 nitrogen and oxygen atoms in total. The fourth-order valence-corrected chi connectivity index (χ4v) is 5.83. The van der Waals surface area contributed by atoms with Crippen LogP contribution in [0.15, 0.2) is 64.8 Å². The van der Waals surface area contributed by atoms with Crippen molar-refractivity contribution in [3.8, 4) is 33.5 Å². The van der Waals surface area contributed by atoms with Crippen molar-refractivity contribution in [3.63, 3.8) is 0 Å². The van der Waals surface area contributed by atoms with Gasteiger partial charge < -0.3 is 10.8 Å². The summed E-state index contributed by atoms with van der Waals surface area (Å²) in [6, 6.07) is 13.4. The maximum atomic E-state index is 15.4. The van der Waals surface area contributed by atoms with Crippen LogP contribution in [0.25, 0.3) is 27.6 Å². The van der Waals surface area contributed by atoms with Crippen LogP contribution in [-0.2, 0) is 19.3 Å². The molecule has 214 valence electrons. The molecule has 2 aromatic heterocycles. The van der Waals surface area contributed by atoms with Gasteiger partial charge in [0.1, 0.15) is 11.6 Å². The van der Waals surface area contributed by atoms with Crippen LogP contribution in [0.4, 0.5) is 8.78 Å². The molecule has 0 fully saturated rings. The molecule has 0 saturated heterocycles. The maximum absolute atomic E-state index is 15.4. The number of thiazole rings is 1. The number of aromatic hydroxyl groups is 1. The molecule has 0 saturated carbocycles. The molecule has 0 bridgehead atoms. The number of para-hydroxylation sites is 1. The summed E-state index contributed by atoms with van der Waals surface area (Å²) >= 11 is 1.32. The zero-order valence-electron chi connectivity index (χ0n) is 23.2. The first-order chi connectivity index (χ1) is 20.1. The van der Waals surface area contributed by atoms with Crippen molar-refractivity contribution in [1.29, 1.82) is 0 Å². The van der Waals surface area contributed by atoms with Gasteiger partial charge >= 0.3 is 0 Å². The Labute approximate surface area is 245 Å². The molecule has 5 rings (SSSR count). The SMILES string of the molecule is CCc1cccc(CC)c1-n1c(-c2nc(C)cs2)nc(O)c(Cc2ccc(-c3ccc(F)cc3C(N)=O)c(F)c2)c1=O. The molecule has 0 radical (unpaired) electrons. The average Bonchev–Trinajstić information content (AvgIpc) is 3.41. The Balaban J connectivity index is 1.66. The summed E-state index contributed by atoms with van der Waals surface area (Å²) in [4.78, 5) is 35.1. The summed E-state index contributed by atoms with van der Waals surface area (Å²) in [6.45, 7) is 5.84. The molecule has 3 aromatic carbocycles. The summed E-state index contributed by atoms with van der Waals surface area (Å²) < 4.78 is 30.6. The average molecular weight is 587 g/mol. The molecule has 1 amide bonds. The number of carbonyl (C=O) groups excluding carboxylic acids is 1. The van der Waals surface area contributed by atoms with Crippen molar-refractivity contribution < 1.29 is 18.7 Å².